The van der Waals surface area contributed by atoms with E-state index in [1.165, 1.54) is 43.0 Å². The van der Waals surface area contributed by atoms with Gasteiger partial charge in [0, 0.05) is 45.0 Å². The highest BCUT2D eigenvalue weighted by atomic mass is 32.1. The molecule has 4 rings (SSSR count). The molecule has 0 unspecified atom stereocenters. The third-order valence-electron chi connectivity index (χ3n) is 6.98. The Morgan fingerprint density at radius 1 is 1.07 bits per heavy atom. The zero-order valence-electron chi connectivity index (χ0n) is 24.2. The number of anilines is 2. The number of alkyl halides is 6. The average Bonchev–Trinajstić information content (AvgIpc) is 3.15. The summed E-state index contributed by atoms with van der Waals surface area (Å²) in [6.45, 7) is 7.44. The highest BCUT2D eigenvalue weighted by Crippen LogP contribution is 2.40. The maximum absolute atomic E-state index is 15.1. The summed E-state index contributed by atoms with van der Waals surface area (Å²) in [5.74, 6) is -4.82. The Hall–Kier alpha value is -4.34. The molecule has 10 nitrogen and oxygen atoms in total. The van der Waals surface area contributed by atoms with Crippen molar-refractivity contribution in [2.24, 2.45) is 0 Å². The molecule has 0 aliphatic carbocycles. The van der Waals surface area contributed by atoms with Gasteiger partial charge < -0.3 is 20.6 Å². The minimum Gasteiger partial charge on any atom is -0.475 e. The van der Waals surface area contributed by atoms with Crippen molar-refractivity contribution < 1.29 is 50.2 Å². The largest absolute Gasteiger partial charge is 0.490 e. The molecule has 18 heteroatoms. The summed E-state index contributed by atoms with van der Waals surface area (Å²) in [5, 5.41) is 22.0. The summed E-state index contributed by atoms with van der Waals surface area (Å²) < 4.78 is 87.4. The number of amides is 2. The number of nitriles is 1. The summed E-state index contributed by atoms with van der Waals surface area (Å²) >= 11 is 5.47. The Morgan fingerprint density at radius 2 is 1.65 bits per heavy atom. The third kappa shape index (κ3) is 8.08. The van der Waals surface area contributed by atoms with Crippen molar-refractivity contribution in [3.05, 3.63) is 58.9 Å². The molecule has 2 amide bonds. The summed E-state index contributed by atoms with van der Waals surface area (Å²) in [4.78, 5) is 39.3. The summed E-state index contributed by atoms with van der Waals surface area (Å²) in [6.07, 6.45) is -9.91. The highest BCUT2D eigenvalue weighted by Gasteiger charge is 2.51. The zero-order chi connectivity index (χ0) is 34.6. The number of benzene rings is 2. The van der Waals surface area contributed by atoms with Crippen molar-refractivity contribution in [3.8, 4) is 6.07 Å². The molecule has 46 heavy (non-hydrogen) atoms. The molecule has 2 saturated heterocycles. The van der Waals surface area contributed by atoms with Crippen molar-refractivity contribution in [1.29, 1.82) is 5.26 Å². The molecule has 3 N–H and O–H groups in total. The maximum atomic E-state index is 15.1. The van der Waals surface area contributed by atoms with Gasteiger partial charge in [0.05, 0.1) is 28.4 Å². The van der Waals surface area contributed by atoms with E-state index < -0.39 is 52.6 Å². The number of piperazine rings is 1. The van der Waals surface area contributed by atoms with Crippen molar-refractivity contribution in [1.82, 2.24) is 15.5 Å². The predicted octanol–water partition coefficient (Wildman–Crippen LogP) is 3.90. The molecular weight excluding hydrogens is 649 g/mol. The molecule has 0 bridgehead atoms. The van der Waals surface area contributed by atoms with Crippen molar-refractivity contribution in [2.45, 2.75) is 31.7 Å². The molecule has 0 saturated carbocycles. The monoisotopic (exact) mass is 676 g/mol. The highest BCUT2D eigenvalue weighted by molar-refractivity contribution is 7.81. The number of hydrogen-bond donors (Lipinski definition) is 3. The number of aliphatic carboxylic acids is 1. The molecule has 0 spiro atoms. The van der Waals surface area contributed by atoms with Gasteiger partial charge in [-0.05, 0) is 62.5 Å². The quantitative estimate of drug-likeness (QED) is 0.308. The number of carbonyl (C=O) groups is 3. The molecular formula is C28H27F7N6O4S. The predicted molar refractivity (Wildman–Crippen MR) is 155 cm³/mol. The fourth-order valence-corrected chi connectivity index (χ4v) is 5.17. The maximum Gasteiger partial charge on any atom is 0.490 e. The van der Waals surface area contributed by atoms with Gasteiger partial charge in [-0.2, -0.15) is 31.6 Å². The van der Waals surface area contributed by atoms with E-state index >= 15 is 4.39 Å². The van der Waals surface area contributed by atoms with Crippen LogP contribution < -0.4 is 20.4 Å². The number of carbonyl (C=O) groups excluding carboxylic acids is 2. The van der Waals surface area contributed by atoms with E-state index in [0.717, 1.165) is 43.2 Å². The fourth-order valence-electron chi connectivity index (χ4n) is 4.64. The van der Waals surface area contributed by atoms with Gasteiger partial charge in [-0.15, -0.1) is 0 Å². The Morgan fingerprint density at radius 3 is 2.17 bits per heavy atom. The Labute approximate surface area is 263 Å². The van der Waals surface area contributed by atoms with Crippen LogP contribution in [0.3, 0.4) is 0 Å². The van der Waals surface area contributed by atoms with E-state index in [1.54, 1.807) is 0 Å². The van der Waals surface area contributed by atoms with Crippen LogP contribution in [0.25, 0.3) is 0 Å². The van der Waals surface area contributed by atoms with Gasteiger partial charge in [0.15, 0.2) is 5.11 Å². The SMILES string of the molecule is CC1(C)C(=O)N(c2ccc(C#N)c(C(F)(F)F)c2)C(=S)N1c1ccc(C(=O)NCCN2CCNCC2)c(F)c1.O=C(O)C(F)(F)F. The second-order valence-corrected chi connectivity index (χ2v) is 10.8. The van der Waals surface area contributed by atoms with Gasteiger partial charge in [-0.3, -0.25) is 19.4 Å². The third-order valence-corrected chi connectivity index (χ3v) is 7.34. The molecule has 2 aromatic carbocycles. The van der Waals surface area contributed by atoms with Crippen LogP contribution in [-0.2, 0) is 15.8 Å². The smallest absolute Gasteiger partial charge is 0.475 e. The first kappa shape index (κ1) is 36.1. The van der Waals surface area contributed by atoms with Gasteiger partial charge in [-0.1, -0.05) is 0 Å². The van der Waals surface area contributed by atoms with Crippen molar-refractivity contribution >= 4 is 46.5 Å². The minimum atomic E-state index is -5.08. The van der Waals surface area contributed by atoms with Crippen LogP contribution in [0, 0.1) is 17.1 Å². The van der Waals surface area contributed by atoms with Crippen LogP contribution in [-0.4, -0.2) is 83.9 Å². The molecule has 2 aliphatic heterocycles. The Balaban J connectivity index is 0.000000738. The number of rotatable bonds is 6. The number of nitrogens with one attached hydrogen (secondary N) is 2. The molecule has 0 atom stereocenters. The second-order valence-electron chi connectivity index (χ2n) is 10.5. The van der Waals surface area contributed by atoms with Gasteiger partial charge >= 0.3 is 18.3 Å². The van der Waals surface area contributed by atoms with Crippen molar-refractivity contribution in [3.63, 3.8) is 0 Å². The number of carboxylic acids is 1. The average molecular weight is 677 g/mol. The molecule has 2 aliphatic rings. The first-order valence-electron chi connectivity index (χ1n) is 13.4. The van der Waals surface area contributed by atoms with Gasteiger partial charge in [0.25, 0.3) is 11.8 Å². The first-order chi connectivity index (χ1) is 21.3. The second kappa shape index (κ2) is 14.0. The van der Waals surface area contributed by atoms with Gasteiger partial charge in [-0.25, -0.2) is 9.18 Å². The number of nitrogens with zero attached hydrogens (tertiary/aromatic N) is 4. The fraction of sp³-hybridized carbons (Fsp3) is 0.393. The summed E-state index contributed by atoms with van der Waals surface area (Å²) in [7, 11) is 0. The molecule has 2 aromatic rings. The number of halogens is 7. The molecule has 248 valence electrons. The van der Waals surface area contributed by atoms with Crippen LogP contribution >= 0.6 is 12.2 Å². The number of thiocarbonyl (C=S) groups is 1. The summed E-state index contributed by atoms with van der Waals surface area (Å²) in [6, 6.07) is 8.13. The first-order valence-corrected chi connectivity index (χ1v) is 13.8. The van der Waals surface area contributed by atoms with Crippen LogP contribution in [0.5, 0.6) is 0 Å². The van der Waals surface area contributed by atoms with Crippen molar-refractivity contribution in [2.75, 3.05) is 49.1 Å². The van der Waals surface area contributed by atoms with Gasteiger partial charge in [0.1, 0.15) is 11.4 Å². The lowest BCUT2D eigenvalue weighted by atomic mass is 10.0. The van der Waals surface area contributed by atoms with E-state index in [2.05, 4.69) is 15.5 Å². The zero-order valence-corrected chi connectivity index (χ0v) is 25.0. The van der Waals surface area contributed by atoms with Gasteiger partial charge in [0.2, 0.25) is 0 Å². The van der Waals surface area contributed by atoms with E-state index in [9.17, 15) is 35.9 Å². The normalized spacial score (nSPS) is 16.9. The van der Waals surface area contributed by atoms with E-state index in [1.807, 2.05) is 0 Å². The van der Waals surface area contributed by atoms with Crippen LogP contribution in [0.2, 0.25) is 0 Å². The molecule has 2 heterocycles. The lowest BCUT2D eigenvalue weighted by Gasteiger charge is -2.29. The van der Waals surface area contributed by atoms with E-state index in [0.29, 0.717) is 19.2 Å². The molecule has 0 aromatic heterocycles. The van der Waals surface area contributed by atoms with Crippen LogP contribution in [0.4, 0.5) is 42.1 Å². The van der Waals surface area contributed by atoms with Crippen LogP contribution in [0.1, 0.15) is 35.3 Å². The summed E-state index contributed by atoms with van der Waals surface area (Å²) in [5.41, 5.74) is -3.39. The lowest BCUT2D eigenvalue weighted by molar-refractivity contribution is -0.192. The lowest BCUT2D eigenvalue weighted by Crippen LogP contribution is -2.46. The van der Waals surface area contributed by atoms with E-state index in [-0.39, 0.29) is 22.1 Å². The standard InChI is InChI=1S/C26H26F4N6O2S.C2HF3O2/c1-25(2)23(38)35(17-4-3-16(15-31)20(13-17)26(28,29)30)24(39)36(25)18-5-6-19(21(27)14-18)22(37)33-9-12-34-10-7-32-8-11-34;3-2(4,5)1(6)7/h3-6,13-14,32H,7-12H2,1-2H3,(H,33,37);(H,6,7). The molecule has 0 radical (unpaired) electrons. The Kier molecular flexibility index (Phi) is 11.0. The Bertz CT molecular complexity index is 1550. The number of hydrogen-bond acceptors (Lipinski definition) is 7. The van der Waals surface area contributed by atoms with Crippen LogP contribution in [0.15, 0.2) is 36.4 Å². The minimum absolute atomic E-state index is 0.153. The topological polar surface area (TPSA) is 129 Å². The van der Waals surface area contributed by atoms with E-state index in [4.69, 9.17) is 27.4 Å². The number of carboxylic acid groups (broad SMARTS) is 1. The molecule has 2 fully saturated rings.